The minimum atomic E-state index is 0.850. The van der Waals surface area contributed by atoms with Gasteiger partial charge < -0.3 is 0 Å². The van der Waals surface area contributed by atoms with Gasteiger partial charge in [0.2, 0.25) is 4.83 Å². The Morgan fingerprint density at radius 3 is 3.26 bits per heavy atom. The van der Waals surface area contributed by atoms with Crippen LogP contribution in [0.4, 0.5) is 0 Å². The standard InChI is InChI=1S/C13H8N5S/c1-2-10-16-11-13(18(10)15-4-1)19-12-9-3-5-14-6-8(9)7-17(11)12/h1-6H,7H2/q+1. The van der Waals surface area contributed by atoms with Crippen LogP contribution in [0.2, 0.25) is 0 Å². The molecule has 6 heteroatoms. The molecule has 1 aliphatic heterocycles. The van der Waals surface area contributed by atoms with Gasteiger partial charge in [-0.25, -0.2) is 4.57 Å². The maximum absolute atomic E-state index is 4.68. The monoisotopic (exact) mass is 266 g/mol. The normalized spacial score (nSPS) is 13.1. The van der Waals surface area contributed by atoms with Crippen LogP contribution in [0.15, 0.2) is 36.8 Å². The maximum atomic E-state index is 4.68. The van der Waals surface area contributed by atoms with Crippen LogP contribution >= 0.6 is 11.3 Å². The Hall–Kier alpha value is -2.34. The number of aromatic nitrogens is 5. The largest absolute Gasteiger partial charge is 0.363 e. The number of rotatable bonds is 0. The molecule has 90 valence electrons. The minimum Gasteiger partial charge on any atom is -0.264 e. The van der Waals surface area contributed by atoms with Gasteiger partial charge >= 0.3 is 5.65 Å². The molecule has 5 heterocycles. The lowest BCUT2D eigenvalue weighted by Gasteiger charge is -1.91. The quantitative estimate of drug-likeness (QED) is 0.400. The average molecular weight is 266 g/mol. The first-order valence-corrected chi connectivity index (χ1v) is 6.83. The summed E-state index contributed by atoms with van der Waals surface area (Å²) in [6.07, 6.45) is 5.58. The molecule has 5 nitrogen and oxygen atoms in total. The Labute approximate surface area is 111 Å². The molecule has 4 aromatic heterocycles. The van der Waals surface area contributed by atoms with Gasteiger partial charge in [0.15, 0.2) is 5.01 Å². The van der Waals surface area contributed by atoms with E-state index in [1.165, 1.54) is 16.1 Å². The van der Waals surface area contributed by atoms with Crippen molar-refractivity contribution in [3.63, 3.8) is 0 Å². The Morgan fingerprint density at radius 2 is 2.26 bits per heavy atom. The van der Waals surface area contributed by atoms with Gasteiger partial charge in [-0.2, -0.15) is 9.61 Å². The average Bonchev–Trinajstić information content (AvgIpc) is 3.07. The minimum absolute atomic E-state index is 0.850. The Bertz CT molecular complexity index is 952. The smallest absolute Gasteiger partial charge is 0.264 e. The SMILES string of the molecule is c1cnn2c(c1)nc1c2sc2[n+]1Cc1cnccc1-2. The highest BCUT2D eigenvalue weighted by Crippen LogP contribution is 2.34. The van der Waals surface area contributed by atoms with E-state index in [1.54, 1.807) is 17.5 Å². The number of nitrogens with zero attached hydrogens (tertiary/aromatic N) is 5. The molecule has 0 amide bonds. The topological polar surface area (TPSA) is 47.0 Å². The molecule has 0 N–H and O–H groups in total. The predicted octanol–water partition coefficient (Wildman–Crippen LogP) is 1.66. The number of pyridine rings is 1. The molecule has 19 heavy (non-hydrogen) atoms. The van der Waals surface area contributed by atoms with Crippen molar-refractivity contribution in [3.05, 3.63) is 42.4 Å². The first-order valence-electron chi connectivity index (χ1n) is 6.01. The zero-order valence-electron chi connectivity index (χ0n) is 9.82. The summed E-state index contributed by atoms with van der Waals surface area (Å²) in [6, 6.07) is 5.97. The molecule has 0 unspecified atom stereocenters. The van der Waals surface area contributed by atoms with E-state index in [9.17, 15) is 0 Å². The summed E-state index contributed by atoms with van der Waals surface area (Å²) >= 11 is 1.74. The third kappa shape index (κ3) is 1.09. The van der Waals surface area contributed by atoms with E-state index in [0.717, 1.165) is 22.7 Å². The van der Waals surface area contributed by atoms with Gasteiger partial charge in [0, 0.05) is 35.8 Å². The molecule has 0 fully saturated rings. The molecule has 0 aromatic carbocycles. The van der Waals surface area contributed by atoms with E-state index >= 15 is 0 Å². The summed E-state index contributed by atoms with van der Waals surface area (Å²) in [7, 11) is 0. The molecule has 0 saturated carbocycles. The molecule has 1 aliphatic rings. The molecule has 0 aliphatic carbocycles. The van der Waals surface area contributed by atoms with Crippen LogP contribution in [0.3, 0.4) is 0 Å². The van der Waals surface area contributed by atoms with E-state index in [2.05, 4.69) is 25.7 Å². The predicted molar refractivity (Wildman–Crippen MR) is 70.9 cm³/mol. The summed E-state index contributed by atoms with van der Waals surface area (Å²) in [6.45, 7) is 0.850. The van der Waals surface area contributed by atoms with E-state index in [4.69, 9.17) is 0 Å². The highest BCUT2D eigenvalue weighted by Gasteiger charge is 2.32. The molecule has 0 radical (unpaired) electrons. The van der Waals surface area contributed by atoms with E-state index in [1.807, 2.05) is 29.0 Å². The molecule has 5 rings (SSSR count). The first kappa shape index (κ1) is 9.57. The second-order valence-electron chi connectivity index (χ2n) is 4.56. The zero-order valence-corrected chi connectivity index (χ0v) is 10.6. The van der Waals surface area contributed by atoms with Gasteiger partial charge in [0.05, 0.1) is 0 Å². The summed E-state index contributed by atoms with van der Waals surface area (Å²) < 4.78 is 4.16. The third-order valence-corrected chi connectivity index (χ3v) is 4.67. The van der Waals surface area contributed by atoms with Crippen LogP contribution in [0.1, 0.15) is 5.56 Å². The van der Waals surface area contributed by atoms with Gasteiger partial charge in [-0.1, -0.05) is 11.3 Å². The molecule has 0 spiro atoms. The summed E-state index contributed by atoms with van der Waals surface area (Å²) in [5.41, 5.74) is 4.44. The summed E-state index contributed by atoms with van der Waals surface area (Å²) in [4.78, 5) is 9.98. The van der Waals surface area contributed by atoms with Crippen LogP contribution in [0.25, 0.3) is 26.7 Å². The number of hydrogen-bond donors (Lipinski definition) is 0. The fourth-order valence-electron chi connectivity index (χ4n) is 2.64. The molecular weight excluding hydrogens is 258 g/mol. The molecular formula is C13H8N5S+. The lowest BCUT2D eigenvalue weighted by atomic mass is 10.2. The van der Waals surface area contributed by atoms with Crippen molar-refractivity contribution < 1.29 is 4.57 Å². The van der Waals surface area contributed by atoms with Gasteiger partial charge in [0.25, 0.3) is 5.65 Å². The van der Waals surface area contributed by atoms with Gasteiger partial charge in [-0.15, -0.1) is 0 Å². The van der Waals surface area contributed by atoms with Gasteiger partial charge in [-0.3, -0.25) is 4.98 Å². The van der Waals surface area contributed by atoms with Crippen LogP contribution in [-0.4, -0.2) is 19.6 Å². The third-order valence-electron chi connectivity index (χ3n) is 3.49. The summed E-state index contributed by atoms with van der Waals surface area (Å²) in [5, 5.41) is 5.62. The fraction of sp³-hybridized carbons (Fsp3) is 0.0769. The van der Waals surface area contributed by atoms with E-state index < -0.39 is 0 Å². The molecule has 0 saturated heterocycles. The molecule has 0 atom stereocenters. The molecule has 4 aromatic rings. The number of hydrogen-bond acceptors (Lipinski definition) is 4. The Morgan fingerprint density at radius 1 is 1.26 bits per heavy atom. The van der Waals surface area contributed by atoms with Crippen LogP contribution in [0.5, 0.6) is 0 Å². The Balaban J connectivity index is 1.93. The van der Waals surface area contributed by atoms with Crippen molar-refractivity contribution in [1.82, 2.24) is 19.6 Å². The van der Waals surface area contributed by atoms with Crippen molar-refractivity contribution in [2.45, 2.75) is 6.54 Å². The Kier molecular flexibility index (Phi) is 1.59. The lowest BCUT2D eigenvalue weighted by molar-refractivity contribution is -0.643. The summed E-state index contributed by atoms with van der Waals surface area (Å²) in [5.74, 6) is 0. The van der Waals surface area contributed by atoms with Crippen LogP contribution in [-0.2, 0) is 6.54 Å². The van der Waals surface area contributed by atoms with Gasteiger partial charge in [-0.05, 0) is 17.1 Å². The molecule has 0 bridgehead atoms. The van der Waals surface area contributed by atoms with Crippen molar-refractivity contribution >= 4 is 27.5 Å². The highest BCUT2D eigenvalue weighted by atomic mass is 32.1. The van der Waals surface area contributed by atoms with Crippen molar-refractivity contribution in [3.8, 4) is 10.6 Å². The van der Waals surface area contributed by atoms with E-state index in [0.29, 0.717) is 0 Å². The van der Waals surface area contributed by atoms with Gasteiger partial charge in [0.1, 0.15) is 6.54 Å². The zero-order chi connectivity index (χ0) is 12.4. The number of imidazole rings is 1. The van der Waals surface area contributed by atoms with Crippen molar-refractivity contribution in [2.24, 2.45) is 0 Å². The van der Waals surface area contributed by atoms with Crippen LogP contribution in [0, 0.1) is 0 Å². The number of thiazole rings is 1. The van der Waals surface area contributed by atoms with Crippen molar-refractivity contribution in [2.75, 3.05) is 0 Å². The fourth-order valence-corrected chi connectivity index (χ4v) is 3.87. The highest BCUT2D eigenvalue weighted by molar-refractivity contribution is 7.20. The lowest BCUT2D eigenvalue weighted by Crippen LogP contribution is -2.30. The number of fused-ring (bicyclic) bond motifs is 7. The second-order valence-corrected chi connectivity index (χ2v) is 5.54. The van der Waals surface area contributed by atoms with Crippen LogP contribution < -0.4 is 4.57 Å². The maximum Gasteiger partial charge on any atom is 0.363 e. The first-order chi connectivity index (χ1) is 9.42. The van der Waals surface area contributed by atoms with E-state index in [-0.39, 0.29) is 0 Å². The second kappa shape index (κ2) is 3.16. The van der Waals surface area contributed by atoms with Crippen molar-refractivity contribution in [1.29, 1.82) is 0 Å².